The van der Waals surface area contributed by atoms with Crippen LogP contribution in [0, 0.1) is 0 Å². The van der Waals surface area contributed by atoms with Gasteiger partial charge in [0.2, 0.25) is 5.91 Å². The van der Waals surface area contributed by atoms with Crippen molar-refractivity contribution in [3.63, 3.8) is 0 Å². The van der Waals surface area contributed by atoms with E-state index in [9.17, 15) is 4.79 Å². The third-order valence-corrected chi connectivity index (χ3v) is 4.72. The van der Waals surface area contributed by atoms with Crippen LogP contribution < -0.4 is 15.5 Å². The van der Waals surface area contributed by atoms with Crippen LogP contribution in [0.4, 0.5) is 11.5 Å². The van der Waals surface area contributed by atoms with E-state index >= 15 is 0 Å². The SMILES string of the molecule is NC(=O)c1ccccc1-c1cncc(N2CCN(c3ccncc3)CC2)n1. The summed E-state index contributed by atoms with van der Waals surface area (Å²) in [6.07, 6.45) is 7.05. The maximum Gasteiger partial charge on any atom is 0.249 e. The zero-order valence-corrected chi connectivity index (χ0v) is 14.8. The summed E-state index contributed by atoms with van der Waals surface area (Å²) in [5.41, 5.74) is 8.48. The Balaban J connectivity index is 1.53. The summed E-state index contributed by atoms with van der Waals surface area (Å²) in [6.45, 7) is 3.48. The van der Waals surface area contributed by atoms with Gasteiger partial charge in [-0.05, 0) is 18.2 Å². The van der Waals surface area contributed by atoms with Crippen LogP contribution in [0.3, 0.4) is 0 Å². The number of pyridine rings is 1. The Bertz CT molecular complexity index is 938. The monoisotopic (exact) mass is 360 g/mol. The first-order valence-electron chi connectivity index (χ1n) is 8.83. The fourth-order valence-corrected chi connectivity index (χ4v) is 3.31. The van der Waals surface area contributed by atoms with E-state index in [0.29, 0.717) is 16.8 Å². The molecule has 7 nitrogen and oxygen atoms in total. The molecular formula is C20H20N6O. The van der Waals surface area contributed by atoms with Gasteiger partial charge in [-0.1, -0.05) is 18.2 Å². The van der Waals surface area contributed by atoms with Crippen molar-refractivity contribution < 1.29 is 4.79 Å². The van der Waals surface area contributed by atoms with Gasteiger partial charge in [0.25, 0.3) is 0 Å². The molecule has 136 valence electrons. The quantitative estimate of drug-likeness (QED) is 0.765. The maximum absolute atomic E-state index is 11.7. The minimum atomic E-state index is -0.469. The normalized spacial score (nSPS) is 14.2. The molecule has 4 rings (SSSR count). The van der Waals surface area contributed by atoms with E-state index < -0.39 is 5.91 Å². The van der Waals surface area contributed by atoms with Crippen LogP contribution in [0.1, 0.15) is 10.4 Å². The number of anilines is 2. The van der Waals surface area contributed by atoms with Crippen LogP contribution in [-0.2, 0) is 0 Å². The van der Waals surface area contributed by atoms with Crippen molar-refractivity contribution >= 4 is 17.4 Å². The molecule has 1 aliphatic rings. The number of carbonyl (C=O) groups is 1. The molecule has 3 heterocycles. The highest BCUT2D eigenvalue weighted by atomic mass is 16.1. The summed E-state index contributed by atoms with van der Waals surface area (Å²) < 4.78 is 0. The first-order chi connectivity index (χ1) is 13.2. The van der Waals surface area contributed by atoms with Gasteiger partial charge in [-0.25, -0.2) is 4.98 Å². The summed E-state index contributed by atoms with van der Waals surface area (Å²) in [5.74, 6) is 0.338. The summed E-state index contributed by atoms with van der Waals surface area (Å²) in [4.78, 5) is 29.4. The van der Waals surface area contributed by atoms with Gasteiger partial charge in [0.05, 0.1) is 18.1 Å². The number of carbonyl (C=O) groups excluding carboxylic acids is 1. The third kappa shape index (κ3) is 3.57. The van der Waals surface area contributed by atoms with E-state index in [1.807, 2.05) is 36.7 Å². The van der Waals surface area contributed by atoms with Crippen molar-refractivity contribution in [1.29, 1.82) is 0 Å². The van der Waals surface area contributed by atoms with Crippen LogP contribution in [0.15, 0.2) is 61.2 Å². The molecule has 0 saturated carbocycles. The first-order valence-corrected chi connectivity index (χ1v) is 8.83. The molecule has 0 unspecified atom stereocenters. The topological polar surface area (TPSA) is 88.2 Å². The summed E-state index contributed by atoms with van der Waals surface area (Å²) >= 11 is 0. The van der Waals surface area contributed by atoms with Crippen LogP contribution in [0.2, 0.25) is 0 Å². The number of nitrogens with two attached hydrogens (primary N) is 1. The Morgan fingerprint density at radius 2 is 1.59 bits per heavy atom. The smallest absolute Gasteiger partial charge is 0.249 e. The van der Waals surface area contributed by atoms with Crippen LogP contribution in [0.25, 0.3) is 11.3 Å². The highest BCUT2D eigenvalue weighted by Gasteiger charge is 2.19. The van der Waals surface area contributed by atoms with Gasteiger partial charge in [-0.2, -0.15) is 0 Å². The molecule has 1 amide bonds. The van der Waals surface area contributed by atoms with Crippen molar-refractivity contribution in [2.45, 2.75) is 0 Å². The van der Waals surface area contributed by atoms with Crippen LogP contribution in [-0.4, -0.2) is 47.0 Å². The fraction of sp³-hybridized carbons (Fsp3) is 0.200. The predicted octanol–water partition coefficient (Wildman–Crippen LogP) is 1.96. The molecule has 0 radical (unpaired) electrons. The molecule has 1 aliphatic heterocycles. The molecule has 3 aromatic rings. The minimum Gasteiger partial charge on any atom is -0.368 e. The minimum absolute atomic E-state index is 0.450. The Hall–Kier alpha value is -3.48. The largest absolute Gasteiger partial charge is 0.368 e. The van der Waals surface area contributed by atoms with E-state index in [2.05, 4.69) is 19.8 Å². The average Bonchev–Trinajstić information content (AvgIpc) is 2.74. The molecular weight excluding hydrogens is 340 g/mol. The molecule has 7 heteroatoms. The van der Waals surface area contributed by atoms with Gasteiger partial charge >= 0.3 is 0 Å². The fourth-order valence-electron chi connectivity index (χ4n) is 3.31. The van der Waals surface area contributed by atoms with Crippen molar-refractivity contribution in [1.82, 2.24) is 15.0 Å². The van der Waals surface area contributed by atoms with Crippen molar-refractivity contribution in [3.8, 4) is 11.3 Å². The number of primary amides is 1. The lowest BCUT2D eigenvalue weighted by Gasteiger charge is -2.36. The first kappa shape index (κ1) is 17.0. The summed E-state index contributed by atoms with van der Waals surface area (Å²) in [7, 11) is 0. The van der Waals surface area contributed by atoms with Gasteiger partial charge < -0.3 is 15.5 Å². The molecule has 0 aliphatic carbocycles. The van der Waals surface area contributed by atoms with Gasteiger partial charge in [0.15, 0.2) is 0 Å². The standard InChI is InChI=1S/C20H20N6O/c21-20(27)17-4-2-1-3-16(17)18-13-23-14-19(24-18)26-11-9-25(10-12-26)15-5-7-22-8-6-15/h1-8,13-14H,9-12H2,(H2,21,27). The lowest BCUT2D eigenvalue weighted by Crippen LogP contribution is -2.46. The molecule has 1 saturated heterocycles. The number of rotatable bonds is 4. The Kier molecular flexibility index (Phi) is 4.65. The molecule has 0 spiro atoms. The van der Waals surface area contributed by atoms with Crippen LogP contribution >= 0.6 is 0 Å². The second-order valence-electron chi connectivity index (χ2n) is 6.35. The van der Waals surface area contributed by atoms with Crippen molar-refractivity contribution in [3.05, 3.63) is 66.7 Å². The number of nitrogens with zero attached hydrogens (tertiary/aromatic N) is 5. The Morgan fingerprint density at radius 1 is 0.889 bits per heavy atom. The second-order valence-corrected chi connectivity index (χ2v) is 6.35. The maximum atomic E-state index is 11.7. The van der Waals surface area contributed by atoms with Gasteiger partial charge in [0, 0.05) is 55.4 Å². The van der Waals surface area contributed by atoms with E-state index in [1.165, 1.54) is 5.69 Å². The number of hydrogen-bond acceptors (Lipinski definition) is 6. The number of hydrogen-bond donors (Lipinski definition) is 1. The zero-order chi connectivity index (χ0) is 18.6. The van der Waals surface area contributed by atoms with E-state index in [1.54, 1.807) is 24.5 Å². The zero-order valence-electron chi connectivity index (χ0n) is 14.8. The highest BCUT2D eigenvalue weighted by Crippen LogP contribution is 2.24. The number of piperazine rings is 1. The number of amides is 1. The molecule has 0 atom stereocenters. The average molecular weight is 360 g/mol. The third-order valence-electron chi connectivity index (χ3n) is 4.72. The van der Waals surface area contributed by atoms with E-state index in [4.69, 9.17) is 10.7 Å². The van der Waals surface area contributed by atoms with E-state index in [0.717, 1.165) is 32.0 Å². The molecule has 2 N–H and O–H groups in total. The molecule has 27 heavy (non-hydrogen) atoms. The Morgan fingerprint density at radius 3 is 2.33 bits per heavy atom. The summed E-state index contributed by atoms with van der Waals surface area (Å²) in [5, 5.41) is 0. The van der Waals surface area contributed by atoms with Crippen molar-refractivity contribution in [2.24, 2.45) is 5.73 Å². The highest BCUT2D eigenvalue weighted by molar-refractivity contribution is 5.99. The molecule has 1 aromatic carbocycles. The van der Waals surface area contributed by atoms with Crippen molar-refractivity contribution in [2.75, 3.05) is 36.0 Å². The van der Waals surface area contributed by atoms with Crippen LogP contribution in [0.5, 0.6) is 0 Å². The number of benzene rings is 1. The predicted molar refractivity (Wildman–Crippen MR) is 105 cm³/mol. The second kappa shape index (κ2) is 7.41. The lowest BCUT2D eigenvalue weighted by atomic mass is 10.0. The van der Waals surface area contributed by atoms with Gasteiger partial charge in [-0.3, -0.25) is 14.8 Å². The Labute approximate surface area is 157 Å². The van der Waals surface area contributed by atoms with Gasteiger partial charge in [0.1, 0.15) is 5.82 Å². The molecule has 0 bridgehead atoms. The van der Waals surface area contributed by atoms with E-state index in [-0.39, 0.29) is 0 Å². The number of aromatic nitrogens is 3. The lowest BCUT2D eigenvalue weighted by molar-refractivity contribution is 0.100. The molecule has 2 aromatic heterocycles. The summed E-state index contributed by atoms with van der Waals surface area (Å²) in [6, 6.07) is 11.3. The molecule has 1 fully saturated rings. The van der Waals surface area contributed by atoms with Gasteiger partial charge in [-0.15, -0.1) is 0 Å².